The molecule has 4 nitrogen and oxygen atoms in total. The summed E-state index contributed by atoms with van der Waals surface area (Å²) in [5.41, 5.74) is 5.10. The van der Waals surface area contributed by atoms with Crippen LogP contribution in [0.25, 0.3) is 0 Å². The van der Waals surface area contributed by atoms with Gasteiger partial charge in [-0.25, -0.2) is 0 Å². The number of primary amides is 1. The molecule has 1 aliphatic heterocycles. The Morgan fingerprint density at radius 2 is 2.40 bits per heavy atom. The lowest BCUT2D eigenvalue weighted by Gasteiger charge is -2.31. The number of ether oxygens (including phenoxy) is 1. The number of nitrogens with two attached hydrogens (primary N) is 1. The van der Waals surface area contributed by atoms with Crippen LogP contribution >= 0.6 is 0 Å². The maximum atomic E-state index is 10.7. The van der Waals surface area contributed by atoms with Crippen LogP contribution in [0.4, 0.5) is 0 Å². The van der Waals surface area contributed by atoms with Crippen molar-refractivity contribution < 1.29 is 9.53 Å². The molecule has 1 saturated heterocycles. The molecule has 1 unspecified atom stereocenters. The molecule has 0 aromatic carbocycles. The Hall–Kier alpha value is -0.610. The van der Waals surface area contributed by atoms with Crippen LogP contribution in [0.2, 0.25) is 0 Å². The lowest BCUT2D eigenvalue weighted by molar-refractivity contribution is -0.127. The standard InChI is InChI=1S/C6H12N2O2/c1-8-5(6(7)9)4-2-10-3-4/h4-5,8H,2-3H2,1H3,(H2,7,9). The maximum Gasteiger partial charge on any atom is 0.235 e. The SMILES string of the molecule is CNC(C(N)=O)C1COC1. The molecular weight excluding hydrogens is 132 g/mol. The smallest absolute Gasteiger partial charge is 0.235 e. The summed E-state index contributed by atoms with van der Waals surface area (Å²) in [5, 5.41) is 2.85. The number of hydrogen-bond acceptors (Lipinski definition) is 3. The van der Waals surface area contributed by atoms with Crippen LogP contribution in [-0.2, 0) is 9.53 Å². The summed E-state index contributed by atoms with van der Waals surface area (Å²) < 4.78 is 4.92. The topological polar surface area (TPSA) is 64.3 Å². The van der Waals surface area contributed by atoms with Crippen molar-refractivity contribution in [2.24, 2.45) is 11.7 Å². The summed E-state index contributed by atoms with van der Waals surface area (Å²) in [6, 6.07) is -0.214. The highest BCUT2D eigenvalue weighted by Crippen LogP contribution is 2.13. The molecule has 0 aliphatic carbocycles. The van der Waals surface area contributed by atoms with Crippen molar-refractivity contribution in [3.8, 4) is 0 Å². The quantitative estimate of drug-likeness (QED) is 0.518. The number of carbonyl (C=O) groups excluding carboxylic acids is 1. The second-order valence-corrected chi connectivity index (χ2v) is 2.47. The van der Waals surface area contributed by atoms with Crippen LogP contribution in [0.15, 0.2) is 0 Å². The van der Waals surface area contributed by atoms with E-state index in [2.05, 4.69) is 5.32 Å². The molecule has 1 rings (SSSR count). The molecule has 1 aliphatic rings. The molecule has 0 aromatic rings. The van der Waals surface area contributed by atoms with E-state index < -0.39 is 0 Å². The molecule has 1 heterocycles. The number of likely N-dealkylation sites (N-methyl/N-ethyl adjacent to an activating group) is 1. The molecular formula is C6H12N2O2. The average molecular weight is 144 g/mol. The van der Waals surface area contributed by atoms with Gasteiger partial charge >= 0.3 is 0 Å². The third kappa shape index (κ3) is 1.27. The average Bonchev–Trinajstić information content (AvgIpc) is 1.76. The fraction of sp³-hybridized carbons (Fsp3) is 0.833. The zero-order chi connectivity index (χ0) is 7.56. The highest BCUT2D eigenvalue weighted by Gasteiger charge is 2.30. The van der Waals surface area contributed by atoms with E-state index in [1.165, 1.54) is 0 Å². The number of nitrogens with one attached hydrogen (secondary N) is 1. The van der Waals surface area contributed by atoms with Gasteiger partial charge in [-0.3, -0.25) is 4.79 Å². The minimum absolute atomic E-state index is 0.214. The summed E-state index contributed by atoms with van der Waals surface area (Å²) in [4.78, 5) is 10.7. The van der Waals surface area contributed by atoms with Gasteiger partial charge in [0.15, 0.2) is 0 Å². The number of hydrogen-bond donors (Lipinski definition) is 2. The Morgan fingerprint density at radius 1 is 1.80 bits per heavy atom. The van der Waals surface area contributed by atoms with E-state index in [0.717, 1.165) is 0 Å². The van der Waals surface area contributed by atoms with Crippen molar-refractivity contribution in [2.75, 3.05) is 20.3 Å². The van der Waals surface area contributed by atoms with E-state index >= 15 is 0 Å². The fourth-order valence-electron chi connectivity index (χ4n) is 1.06. The van der Waals surface area contributed by atoms with Crippen LogP contribution < -0.4 is 11.1 Å². The van der Waals surface area contributed by atoms with Gasteiger partial charge in [0.05, 0.1) is 19.3 Å². The van der Waals surface area contributed by atoms with Crippen molar-refractivity contribution in [3.63, 3.8) is 0 Å². The maximum absolute atomic E-state index is 10.7. The van der Waals surface area contributed by atoms with E-state index in [9.17, 15) is 4.79 Å². The van der Waals surface area contributed by atoms with Gasteiger partial charge in [0, 0.05) is 5.92 Å². The van der Waals surface area contributed by atoms with Crippen LogP contribution in [0.3, 0.4) is 0 Å². The van der Waals surface area contributed by atoms with E-state index in [1.807, 2.05) is 0 Å². The van der Waals surface area contributed by atoms with Crippen molar-refractivity contribution in [1.29, 1.82) is 0 Å². The molecule has 0 bridgehead atoms. The lowest BCUT2D eigenvalue weighted by atomic mass is 9.98. The van der Waals surface area contributed by atoms with Crippen molar-refractivity contribution in [3.05, 3.63) is 0 Å². The Morgan fingerprint density at radius 3 is 2.50 bits per heavy atom. The minimum Gasteiger partial charge on any atom is -0.381 e. The Kier molecular flexibility index (Phi) is 2.24. The Balaban J connectivity index is 2.39. The van der Waals surface area contributed by atoms with E-state index in [0.29, 0.717) is 13.2 Å². The van der Waals surface area contributed by atoms with Gasteiger partial charge in [-0.2, -0.15) is 0 Å². The van der Waals surface area contributed by atoms with Crippen molar-refractivity contribution in [1.82, 2.24) is 5.32 Å². The molecule has 3 N–H and O–H groups in total. The first-order valence-corrected chi connectivity index (χ1v) is 3.30. The van der Waals surface area contributed by atoms with Crippen LogP contribution in [0.1, 0.15) is 0 Å². The lowest BCUT2D eigenvalue weighted by Crippen LogP contribution is -2.52. The van der Waals surface area contributed by atoms with Gasteiger partial charge in [0.1, 0.15) is 0 Å². The molecule has 1 fully saturated rings. The Bertz CT molecular complexity index is 134. The van der Waals surface area contributed by atoms with Gasteiger partial charge in [-0.1, -0.05) is 0 Å². The molecule has 1 atom stereocenters. The predicted molar refractivity (Wildman–Crippen MR) is 36.4 cm³/mol. The summed E-state index contributed by atoms with van der Waals surface area (Å²) in [7, 11) is 1.73. The number of carbonyl (C=O) groups is 1. The zero-order valence-electron chi connectivity index (χ0n) is 5.96. The fourth-order valence-corrected chi connectivity index (χ4v) is 1.06. The first kappa shape index (κ1) is 7.50. The largest absolute Gasteiger partial charge is 0.381 e. The minimum atomic E-state index is -0.296. The van der Waals surface area contributed by atoms with Crippen LogP contribution in [0, 0.1) is 5.92 Å². The van der Waals surface area contributed by atoms with Crippen LogP contribution in [0.5, 0.6) is 0 Å². The zero-order valence-corrected chi connectivity index (χ0v) is 5.96. The third-order valence-corrected chi connectivity index (χ3v) is 1.75. The molecule has 4 heteroatoms. The first-order chi connectivity index (χ1) is 4.75. The molecule has 10 heavy (non-hydrogen) atoms. The number of rotatable bonds is 3. The van der Waals surface area contributed by atoms with E-state index in [4.69, 9.17) is 10.5 Å². The monoisotopic (exact) mass is 144 g/mol. The molecule has 58 valence electrons. The number of amides is 1. The first-order valence-electron chi connectivity index (χ1n) is 3.30. The molecule has 1 amide bonds. The highest BCUT2D eigenvalue weighted by atomic mass is 16.5. The van der Waals surface area contributed by atoms with Crippen LogP contribution in [-0.4, -0.2) is 32.2 Å². The molecule has 0 saturated carbocycles. The second-order valence-electron chi connectivity index (χ2n) is 2.47. The third-order valence-electron chi connectivity index (χ3n) is 1.75. The summed E-state index contributed by atoms with van der Waals surface area (Å²) in [6.45, 7) is 1.29. The summed E-state index contributed by atoms with van der Waals surface area (Å²) >= 11 is 0. The van der Waals surface area contributed by atoms with Gasteiger partial charge in [0.2, 0.25) is 5.91 Å². The van der Waals surface area contributed by atoms with Gasteiger partial charge in [-0.15, -0.1) is 0 Å². The van der Waals surface area contributed by atoms with Gasteiger partial charge in [-0.05, 0) is 7.05 Å². The molecule has 0 spiro atoms. The Labute approximate surface area is 59.7 Å². The molecule has 0 radical (unpaired) electrons. The predicted octanol–water partition coefficient (Wildman–Crippen LogP) is -1.29. The van der Waals surface area contributed by atoms with Gasteiger partial charge in [0.25, 0.3) is 0 Å². The highest BCUT2D eigenvalue weighted by molar-refractivity contribution is 5.80. The summed E-state index contributed by atoms with van der Waals surface area (Å²) in [6.07, 6.45) is 0. The van der Waals surface area contributed by atoms with Crippen molar-refractivity contribution in [2.45, 2.75) is 6.04 Å². The second kappa shape index (κ2) is 2.98. The normalized spacial score (nSPS) is 21.7. The van der Waals surface area contributed by atoms with Gasteiger partial charge < -0.3 is 15.8 Å². The molecule has 0 aromatic heterocycles. The van der Waals surface area contributed by atoms with Crippen molar-refractivity contribution >= 4 is 5.91 Å². The van der Waals surface area contributed by atoms with E-state index in [1.54, 1.807) is 7.05 Å². The van der Waals surface area contributed by atoms with E-state index in [-0.39, 0.29) is 17.9 Å². The summed E-state index contributed by atoms with van der Waals surface area (Å²) in [5.74, 6) is -0.0155.